The van der Waals surface area contributed by atoms with Gasteiger partial charge in [0.25, 0.3) is 0 Å². The van der Waals surface area contributed by atoms with Gasteiger partial charge < -0.3 is 26.0 Å². The number of hydrogen-bond donors (Lipinski definition) is 4. The van der Waals surface area contributed by atoms with Gasteiger partial charge in [-0.05, 0) is 92.6 Å². The van der Waals surface area contributed by atoms with E-state index in [2.05, 4.69) is 73.9 Å². The summed E-state index contributed by atoms with van der Waals surface area (Å²) in [5.74, 6) is 7.44. The highest BCUT2D eigenvalue weighted by Crippen LogP contribution is 2.31. The van der Waals surface area contributed by atoms with Crippen LogP contribution in [-0.4, -0.2) is 81.1 Å². The van der Waals surface area contributed by atoms with E-state index < -0.39 is 0 Å². The Morgan fingerprint density at radius 2 is 1.72 bits per heavy atom. The standard InChI is InChI=1S/C40H48N8O2/c1-27(2)39(50)44-34-17-18-41-33(24-34)11-7-29-8-16-37(28(3)23-29)45-40-42-25-36(38(46-40)43-32-12-14-35(49)15-13-32)31-9-5-30(6-10-31)26-48-21-19-47(4)20-22-48/h5-6,8-10,16-18,23-25,27,32,35,49H,12-15,19-22,26H2,1-4H3,(H,41,44,50)(H2,42,43,45,46). The van der Waals surface area contributed by atoms with Gasteiger partial charge in [-0.3, -0.25) is 9.69 Å². The number of benzene rings is 2. The molecule has 0 radical (unpaired) electrons. The van der Waals surface area contributed by atoms with Crippen LogP contribution in [0.5, 0.6) is 0 Å². The molecule has 1 saturated carbocycles. The Morgan fingerprint density at radius 3 is 2.44 bits per heavy atom. The smallest absolute Gasteiger partial charge is 0.229 e. The van der Waals surface area contributed by atoms with Gasteiger partial charge in [-0.2, -0.15) is 4.98 Å². The maximum atomic E-state index is 12.1. The van der Waals surface area contributed by atoms with Gasteiger partial charge >= 0.3 is 0 Å². The summed E-state index contributed by atoms with van der Waals surface area (Å²) in [6.45, 7) is 11.1. The van der Waals surface area contributed by atoms with Gasteiger partial charge in [-0.1, -0.05) is 44.0 Å². The third-order valence-corrected chi connectivity index (χ3v) is 9.45. The number of piperazine rings is 1. The lowest BCUT2D eigenvalue weighted by Gasteiger charge is -2.32. The molecule has 2 aromatic carbocycles. The Bertz CT molecular complexity index is 1830. The number of carbonyl (C=O) groups is 1. The van der Waals surface area contributed by atoms with Crippen molar-refractivity contribution in [2.75, 3.05) is 49.2 Å². The first-order chi connectivity index (χ1) is 24.2. The van der Waals surface area contributed by atoms with Crippen molar-refractivity contribution < 1.29 is 9.90 Å². The molecule has 260 valence electrons. The van der Waals surface area contributed by atoms with E-state index in [0.717, 1.165) is 92.2 Å². The molecular weight excluding hydrogens is 624 g/mol. The topological polar surface area (TPSA) is 119 Å². The number of nitrogens with zero attached hydrogens (tertiary/aromatic N) is 5. The molecule has 3 heterocycles. The van der Waals surface area contributed by atoms with Gasteiger partial charge in [0, 0.05) is 79.6 Å². The zero-order valence-electron chi connectivity index (χ0n) is 29.5. The number of hydrogen-bond acceptors (Lipinski definition) is 9. The van der Waals surface area contributed by atoms with E-state index in [1.165, 1.54) is 5.56 Å². The van der Waals surface area contributed by atoms with Crippen molar-refractivity contribution in [2.45, 2.75) is 65.1 Å². The third-order valence-electron chi connectivity index (χ3n) is 9.45. The molecule has 1 amide bonds. The highest BCUT2D eigenvalue weighted by Gasteiger charge is 2.22. The van der Waals surface area contributed by atoms with Crippen molar-refractivity contribution >= 4 is 29.0 Å². The molecular formula is C40H48N8O2. The minimum Gasteiger partial charge on any atom is -0.393 e. The molecule has 0 atom stereocenters. The second kappa shape index (κ2) is 16.3. The van der Waals surface area contributed by atoms with Crippen LogP contribution < -0.4 is 16.0 Å². The van der Waals surface area contributed by atoms with Gasteiger partial charge in [-0.25, -0.2) is 9.97 Å². The van der Waals surface area contributed by atoms with Gasteiger partial charge in [0.1, 0.15) is 11.5 Å². The molecule has 2 aromatic heterocycles. The summed E-state index contributed by atoms with van der Waals surface area (Å²) in [6.07, 6.45) is 6.68. The highest BCUT2D eigenvalue weighted by molar-refractivity contribution is 5.92. The Hall–Kier alpha value is -4.82. The van der Waals surface area contributed by atoms with Crippen LogP contribution in [-0.2, 0) is 11.3 Å². The fraction of sp³-hybridized carbons (Fsp3) is 0.400. The molecule has 0 bridgehead atoms. The van der Waals surface area contributed by atoms with Crippen molar-refractivity contribution in [2.24, 2.45) is 5.92 Å². The molecule has 10 heteroatoms. The molecule has 2 fully saturated rings. The summed E-state index contributed by atoms with van der Waals surface area (Å²) in [6, 6.07) is 18.5. The maximum Gasteiger partial charge on any atom is 0.229 e. The second-order valence-corrected chi connectivity index (χ2v) is 13.9. The largest absolute Gasteiger partial charge is 0.393 e. The normalized spacial score (nSPS) is 18.3. The molecule has 0 spiro atoms. The summed E-state index contributed by atoms with van der Waals surface area (Å²) >= 11 is 0. The Morgan fingerprint density at radius 1 is 0.960 bits per heavy atom. The van der Waals surface area contributed by atoms with Crippen LogP contribution >= 0.6 is 0 Å². The van der Waals surface area contributed by atoms with Crippen LogP contribution in [0.3, 0.4) is 0 Å². The summed E-state index contributed by atoms with van der Waals surface area (Å²) in [5, 5.41) is 20.1. The predicted molar refractivity (Wildman–Crippen MR) is 200 cm³/mol. The number of aryl methyl sites for hydroxylation is 1. The van der Waals surface area contributed by atoms with Crippen molar-refractivity contribution in [3.63, 3.8) is 0 Å². The fourth-order valence-electron chi connectivity index (χ4n) is 6.23. The molecule has 4 aromatic rings. The molecule has 1 aliphatic carbocycles. The number of pyridine rings is 1. The van der Waals surface area contributed by atoms with Gasteiger partial charge in [0.05, 0.1) is 6.10 Å². The molecule has 0 unspecified atom stereocenters. The summed E-state index contributed by atoms with van der Waals surface area (Å²) in [7, 11) is 2.18. The Balaban J connectivity index is 1.17. The first kappa shape index (κ1) is 35.0. The average molecular weight is 673 g/mol. The number of rotatable bonds is 9. The number of anilines is 4. The third kappa shape index (κ3) is 9.45. The maximum absolute atomic E-state index is 12.1. The molecule has 1 saturated heterocycles. The number of aromatic nitrogens is 3. The molecule has 50 heavy (non-hydrogen) atoms. The van der Waals surface area contributed by atoms with Gasteiger partial charge in [0.2, 0.25) is 11.9 Å². The van der Waals surface area contributed by atoms with Crippen LogP contribution in [0.15, 0.2) is 67.0 Å². The second-order valence-electron chi connectivity index (χ2n) is 13.9. The molecule has 1 aliphatic heterocycles. The van der Waals surface area contributed by atoms with Gasteiger partial charge in [-0.15, -0.1) is 0 Å². The fourth-order valence-corrected chi connectivity index (χ4v) is 6.23. The predicted octanol–water partition coefficient (Wildman–Crippen LogP) is 6.05. The van der Waals surface area contributed by atoms with Crippen molar-refractivity contribution in [3.8, 4) is 23.0 Å². The quantitative estimate of drug-likeness (QED) is 0.158. The summed E-state index contributed by atoms with van der Waals surface area (Å²) in [4.78, 5) is 31.0. The van der Waals surface area contributed by atoms with Crippen LogP contribution in [0.25, 0.3) is 11.1 Å². The van der Waals surface area contributed by atoms with E-state index in [-0.39, 0.29) is 24.0 Å². The van der Waals surface area contributed by atoms with Crippen LogP contribution in [0.4, 0.5) is 23.1 Å². The first-order valence-electron chi connectivity index (χ1n) is 17.7. The molecule has 10 nitrogen and oxygen atoms in total. The number of aliphatic hydroxyl groups is 1. The zero-order chi connectivity index (χ0) is 35.0. The van der Waals surface area contributed by atoms with Crippen molar-refractivity contribution in [1.82, 2.24) is 24.8 Å². The van der Waals surface area contributed by atoms with E-state index in [9.17, 15) is 9.90 Å². The first-order valence-corrected chi connectivity index (χ1v) is 17.7. The zero-order valence-corrected chi connectivity index (χ0v) is 29.5. The van der Waals surface area contributed by atoms with E-state index in [1.54, 1.807) is 18.3 Å². The number of likely N-dealkylation sites (N-methyl/N-ethyl adjacent to an activating group) is 1. The number of aliphatic hydroxyl groups excluding tert-OH is 1. The number of amides is 1. The van der Waals surface area contributed by atoms with Crippen LogP contribution in [0, 0.1) is 24.7 Å². The SMILES string of the molecule is Cc1cc(C#Cc2cc(NC(=O)C(C)C)ccn2)ccc1Nc1ncc(-c2ccc(CN3CCN(C)CC3)cc2)c(NC2CCC(O)CC2)n1. The molecule has 6 rings (SSSR count). The molecule has 4 N–H and O–H groups in total. The molecule has 2 aliphatic rings. The average Bonchev–Trinajstić information content (AvgIpc) is 3.11. The van der Waals surface area contributed by atoms with E-state index in [1.807, 2.05) is 45.2 Å². The summed E-state index contributed by atoms with van der Waals surface area (Å²) < 4.78 is 0. The summed E-state index contributed by atoms with van der Waals surface area (Å²) in [5.41, 5.74) is 7.32. The van der Waals surface area contributed by atoms with Crippen molar-refractivity contribution in [3.05, 3.63) is 89.4 Å². The minimum absolute atomic E-state index is 0.0463. The van der Waals surface area contributed by atoms with Gasteiger partial charge in [0.15, 0.2) is 0 Å². The lowest BCUT2D eigenvalue weighted by atomic mass is 9.93. The van der Waals surface area contributed by atoms with Crippen molar-refractivity contribution in [1.29, 1.82) is 0 Å². The highest BCUT2D eigenvalue weighted by atomic mass is 16.3. The Labute approximate surface area is 295 Å². The lowest BCUT2D eigenvalue weighted by molar-refractivity contribution is -0.118. The number of carbonyl (C=O) groups excluding carboxylic acids is 1. The number of nitrogens with one attached hydrogen (secondary N) is 3. The van der Waals surface area contributed by atoms with E-state index in [4.69, 9.17) is 9.97 Å². The van der Waals surface area contributed by atoms with E-state index >= 15 is 0 Å². The van der Waals surface area contributed by atoms with Crippen LogP contribution in [0.1, 0.15) is 61.9 Å². The Kier molecular flexibility index (Phi) is 11.4. The lowest BCUT2D eigenvalue weighted by Crippen LogP contribution is -2.43. The van der Waals surface area contributed by atoms with E-state index in [0.29, 0.717) is 17.3 Å². The van der Waals surface area contributed by atoms with Crippen LogP contribution in [0.2, 0.25) is 0 Å². The minimum atomic E-state index is -0.225. The monoisotopic (exact) mass is 672 g/mol.